The lowest BCUT2D eigenvalue weighted by molar-refractivity contribution is -0.140. The molecule has 1 atom stereocenters. The van der Waals surface area contributed by atoms with E-state index in [1.807, 2.05) is 0 Å². The second-order valence-corrected chi connectivity index (χ2v) is 4.54. The highest BCUT2D eigenvalue weighted by molar-refractivity contribution is 5.89. The summed E-state index contributed by atoms with van der Waals surface area (Å²) in [7, 11) is 1.36. The highest BCUT2D eigenvalue weighted by Gasteiger charge is 2.27. The smallest absolute Gasteiger partial charge is 0.333 e. The van der Waals surface area contributed by atoms with Crippen LogP contribution in [0.2, 0.25) is 0 Å². The van der Waals surface area contributed by atoms with Crippen molar-refractivity contribution < 1.29 is 23.8 Å². The first kappa shape index (κ1) is 14.1. The van der Waals surface area contributed by atoms with Gasteiger partial charge in [0.25, 0.3) is 0 Å². The number of ether oxygens (including phenoxy) is 3. The van der Waals surface area contributed by atoms with Gasteiger partial charge in [0.1, 0.15) is 18.5 Å². The van der Waals surface area contributed by atoms with Crippen LogP contribution in [0.25, 0.3) is 0 Å². The minimum absolute atomic E-state index is 0.233. The lowest BCUT2D eigenvalue weighted by Gasteiger charge is -2.11. The van der Waals surface area contributed by atoms with Crippen LogP contribution in [0.1, 0.15) is 12.0 Å². The van der Waals surface area contributed by atoms with Crippen LogP contribution in [0.3, 0.4) is 0 Å². The Hall–Kier alpha value is -2.30. The van der Waals surface area contributed by atoms with Crippen molar-refractivity contribution in [2.24, 2.45) is 0 Å². The van der Waals surface area contributed by atoms with Crippen molar-refractivity contribution in [1.29, 1.82) is 0 Å². The Morgan fingerprint density at radius 2 is 2.10 bits per heavy atom. The highest BCUT2D eigenvalue weighted by atomic mass is 16.6. The van der Waals surface area contributed by atoms with Gasteiger partial charge in [-0.25, -0.2) is 4.79 Å². The third-order valence-electron chi connectivity index (χ3n) is 2.97. The summed E-state index contributed by atoms with van der Waals surface area (Å²) in [6.45, 7) is 3.91. The Morgan fingerprint density at radius 1 is 1.40 bits per heavy atom. The average molecular weight is 276 g/mol. The standard InChI is InChI=1S/C15H16O5/c1-10-7-13(20-15(10)17)9-19-12-5-3-11(4-6-12)8-14(16)18-2/h3-6,13H,1,7-9H2,2H3. The van der Waals surface area contributed by atoms with Gasteiger partial charge in [0, 0.05) is 12.0 Å². The zero-order chi connectivity index (χ0) is 14.5. The molecule has 0 amide bonds. The van der Waals surface area contributed by atoms with E-state index in [-0.39, 0.29) is 24.5 Å². The van der Waals surface area contributed by atoms with Crippen LogP contribution in [0, 0.1) is 0 Å². The average Bonchev–Trinajstić information content (AvgIpc) is 2.77. The van der Waals surface area contributed by atoms with E-state index in [9.17, 15) is 9.59 Å². The Labute approximate surface area is 117 Å². The molecule has 1 aliphatic heterocycles. The first-order valence-electron chi connectivity index (χ1n) is 6.26. The van der Waals surface area contributed by atoms with Gasteiger partial charge in [-0.3, -0.25) is 4.79 Å². The van der Waals surface area contributed by atoms with E-state index in [1.54, 1.807) is 24.3 Å². The largest absolute Gasteiger partial charge is 0.490 e. The van der Waals surface area contributed by atoms with Crippen molar-refractivity contribution >= 4 is 11.9 Å². The van der Waals surface area contributed by atoms with E-state index in [0.29, 0.717) is 24.4 Å². The molecule has 106 valence electrons. The summed E-state index contributed by atoms with van der Waals surface area (Å²) in [6.07, 6.45) is 0.459. The van der Waals surface area contributed by atoms with Crippen molar-refractivity contribution in [1.82, 2.24) is 0 Å². The molecule has 1 aromatic rings. The molecule has 1 fully saturated rings. The molecule has 1 aromatic carbocycles. The zero-order valence-electron chi connectivity index (χ0n) is 11.3. The minimum Gasteiger partial charge on any atom is -0.490 e. The monoisotopic (exact) mass is 276 g/mol. The molecular weight excluding hydrogens is 260 g/mol. The molecule has 5 nitrogen and oxygen atoms in total. The summed E-state index contributed by atoms with van der Waals surface area (Å²) < 4.78 is 15.2. The lowest BCUT2D eigenvalue weighted by Crippen LogP contribution is -2.17. The van der Waals surface area contributed by atoms with Gasteiger partial charge in [-0.05, 0) is 17.7 Å². The number of esters is 2. The fourth-order valence-corrected chi connectivity index (χ4v) is 1.86. The summed E-state index contributed by atoms with van der Waals surface area (Å²) in [6, 6.07) is 7.13. The van der Waals surface area contributed by atoms with Crippen LogP contribution in [0.5, 0.6) is 5.75 Å². The maximum Gasteiger partial charge on any atom is 0.333 e. The van der Waals surface area contributed by atoms with Crippen LogP contribution >= 0.6 is 0 Å². The maximum atomic E-state index is 11.2. The van der Waals surface area contributed by atoms with Crippen molar-refractivity contribution in [2.45, 2.75) is 18.9 Å². The number of benzene rings is 1. The molecule has 2 rings (SSSR count). The predicted octanol–water partition coefficient (Wildman–Crippen LogP) is 1.65. The summed E-state index contributed by atoms with van der Waals surface area (Å²) >= 11 is 0. The molecule has 0 bridgehead atoms. The van der Waals surface area contributed by atoms with Crippen LogP contribution in [-0.2, 0) is 25.5 Å². The fraction of sp³-hybridized carbons (Fsp3) is 0.333. The summed E-state index contributed by atoms with van der Waals surface area (Å²) in [5, 5.41) is 0. The third-order valence-corrected chi connectivity index (χ3v) is 2.97. The number of hydrogen-bond acceptors (Lipinski definition) is 5. The molecule has 0 spiro atoms. The van der Waals surface area contributed by atoms with Crippen LogP contribution < -0.4 is 4.74 Å². The van der Waals surface area contributed by atoms with Gasteiger partial charge in [0.15, 0.2) is 0 Å². The normalized spacial score (nSPS) is 17.8. The van der Waals surface area contributed by atoms with E-state index < -0.39 is 0 Å². The van der Waals surface area contributed by atoms with Crippen molar-refractivity contribution in [3.8, 4) is 5.75 Å². The molecule has 20 heavy (non-hydrogen) atoms. The molecular formula is C15H16O5. The Kier molecular flexibility index (Phi) is 4.40. The second kappa shape index (κ2) is 6.23. The molecule has 0 N–H and O–H groups in total. The van der Waals surface area contributed by atoms with Crippen molar-refractivity contribution in [3.05, 3.63) is 42.0 Å². The van der Waals surface area contributed by atoms with Crippen LogP contribution in [0.15, 0.2) is 36.4 Å². The quantitative estimate of drug-likeness (QED) is 0.604. The zero-order valence-corrected chi connectivity index (χ0v) is 11.3. The van der Waals surface area contributed by atoms with E-state index in [0.717, 1.165) is 5.56 Å². The van der Waals surface area contributed by atoms with Gasteiger partial charge in [0.2, 0.25) is 0 Å². The number of carbonyl (C=O) groups excluding carboxylic acids is 2. The molecule has 1 saturated heterocycles. The molecule has 1 heterocycles. The molecule has 5 heteroatoms. The molecule has 1 aliphatic rings. The van der Waals surface area contributed by atoms with Gasteiger partial charge in [-0.1, -0.05) is 18.7 Å². The van der Waals surface area contributed by atoms with Crippen LogP contribution in [-0.4, -0.2) is 31.8 Å². The van der Waals surface area contributed by atoms with Crippen molar-refractivity contribution in [2.75, 3.05) is 13.7 Å². The minimum atomic E-state index is -0.355. The summed E-state index contributed by atoms with van der Waals surface area (Å²) in [5.74, 6) is 0.0225. The predicted molar refractivity (Wildman–Crippen MR) is 71.3 cm³/mol. The van der Waals surface area contributed by atoms with Gasteiger partial charge in [0.05, 0.1) is 13.5 Å². The van der Waals surface area contributed by atoms with Gasteiger partial charge in [-0.15, -0.1) is 0 Å². The number of carbonyl (C=O) groups is 2. The number of rotatable bonds is 5. The number of hydrogen-bond donors (Lipinski definition) is 0. The maximum absolute atomic E-state index is 11.2. The van der Waals surface area contributed by atoms with Gasteiger partial charge >= 0.3 is 11.9 Å². The number of methoxy groups -OCH3 is 1. The molecule has 0 aromatic heterocycles. The van der Waals surface area contributed by atoms with E-state index in [1.165, 1.54) is 7.11 Å². The Morgan fingerprint density at radius 3 is 2.65 bits per heavy atom. The van der Waals surface area contributed by atoms with Gasteiger partial charge in [-0.2, -0.15) is 0 Å². The third kappa shape index (κ3) is 3.60. The van der Waals surface area contributed by atoms with E-state index >= 15 is 0 Å². The summed E-state index contributed by atoms with van der Waals surface area (Å²) in [5.41, 5.74) is 1.33. The van der Waals surface area contributed by atoms with Crippen molar-refractivity contribution in [3.63, 3.8) is 0 Å². The lowest BCUT2D eigenvalue weighted by atomic mass is 10.1. The first-order valence-corrected chi connectivity index (χ1v) is 6.26. The molecule has 1 unspecified atom stereocenters. The molecule has 0 aliphatic carbocycles. The van der Waals surface area contributed by atoms with E-state index in [4.69, 9.17) is 9.47 Å². The van der Waals surface area contributed by atoms with Gasteiger partial charge < -0.3 is 14.2 Å². The first-order chi connectivity index (χ1) is 9.58. The Bertz CT molecular complexity index is 502. The topological polar surface area (TPSA) is 61.8 Å². The highest BCUT2D eigenvalue weighted by Crippen LogP contribution is 2.20. The number of cyclic esters (lactones) is 1. The summed E-state index contributed by atoms with van der Waals surface area (Å²) in [4.78, 5) is 22.3. The second-order valence-electron chi connectivity index (χ2n) is 4.54. The fourth-order valence-electron chi connectivity index (χ4n) is 1.86. The van der Waals surface area contributed by atoms with Crippen LogP contribution in [0.4, 0.5) is 0 Å². The molecule has 0 saturated carbocycles. The Balaban J connectivity index is 1.83. The van der Waals surface area contributed by atoms with E-state index in [2.05, 4.69) is 11.3 Å². The molecule has 0 radical (unpaired) electrons. The SMILES string of the molecule is C=C1CC(COc2ccc(CC(=O)OC)cc2)OC1=O.